The second-order valence-electron chi connectivity index (χ2n) is 7.40. The SMILES string of the molecule is Cc1ccc(C2NC(C)C(=O)N2C2CCCC(C)(C)C2)s1. The van der Waals surface area contributed by atoms with Gasteiger partial charge in [0.1, 0.15) is 6.17 Å². The quantitative estimate of drug-likeness (QED) is 0.900. The molecule has 1 amide bonds. The lowest BCUT2D eigenvalue weighted by atomic mass is 9.74. The van der Waals surface area contributed by atoms with Crippen molar-refractivity contribution < 1.29 is 4.79 Å². The average Bonchev–Trinajstić information content (AvgIpc) is 2.94. The second kappa shape index (κ2) is 5.40. The van der Waals surface area contributed by atoms with Crippen LogP contribution in [0.1, 0.15) is 62.4 Å². The number of hydrogen-bond acceptors (Lipinski definition) is 3. The van der Waals surface area contributed by atoms with E-state index in [9.17, 15) is 4.79 Å². The number of aryl methyl sites for hydroxylation is 1. The molecule has 1 aliphatic heterocycles. The highest BCUT2D eigenvalue weighted by atomic mass is 32.1. The van der Waals surface area contributed by atoms with Crippen LogP contribution in [-0.4, -0.2) is 22.9 Å². The minimum absolute atomic E-state index is 0.0672. The molecule has 3 nitrogen and oxygen atoms in total. The topological polar surface area (TPSA) is 32.3 Å². The van der Waals surface area contributed by atoms with Gasteiger partial charge in [-0.25, -0.2) is 0 Å². The maximum atomic E-state index is 12.7. The molecule has 0 bridgehead atoms. The highest BCUT2D eigenvalue weighted by Crippen LogP contribution is 2.41. The molecule has 2 aliphatic rings. The Morgan fingerprint density at radius 1 is 1.38 bits per heavy atom. The van der Waals surface area contributed by atoms with Gasteiger partial charge in [-0.2, -0.15) is 0 Å². The normalized spacial score (nSPS) is 32.7. The van der Waals surface area contributed by atoms with Crippen LogP contribution < -0.4 is 5.32 Å². The fourth-order valence-electron chi connectivity index (χ4n) is 3.85. The number of carbonyl (C=O) groups excluding carboxylic acids is 1. The molecule has 116 valence electrons. The average molecular weight is 306 g/mol. The lowest BCUT2D eigenvalue weighted by Gasteiger charge is -2.41. The molecule has 2 heterocycles. The van der Waals surface area contributed by atoms with E-state index in [1.54, 1.807) is 11.3 Å². The van der Waals surface area contributed by atoms with Gasteiger partial charge in [-0.05, 0) is 50.7 Å². The zero-order valence-corrected chi connectivity index (χ0v) is 14.3. The minimum atomic E-state index is -0.0672. The molecule has 3 unspecified atom stereocenters. The zero-order valence-electron chi connectivity index (χ0n) is 13.5. The Morgan fingerprint density at radius 3 is 2.76 bits per heavy atom. The van der Waals surface area contributed by atoms with Crippen LogP contribution in [0.2, 0.25) is 0 Å². The van der Waals surface area contributed by atoms with Crippen LogP contribution in [0.4, 0.5) is 0 Å². The highest BCUT2D eigenvalue weighted by Gasteiger charge is 2.44. The first-order valence-electron chi connectivity index (χ1n) is 8.02. The number of hydrogen-bond donors (Lipinski definition) is 1. The van der Waals surface area contributed by atoms with Crippen LogP contribution in [0.25, 0.3) is 0 Å². The number of amides is 1. The number of nitrogens with one attached hydrogen (secondary N) is 1. The first kappa shape index (κ1) is 15.0. The van der Waals surface area contributed by atoms with Gasteiger partial charge >= 0.3 is 0 Å². The van der Waals surface area contributed by atoms with Crippen molar-refractivity contribution in [3.8, 4) is 0 Å². The smallest absolute Gasteiger partial charge is 0.241 e. The maximum Gasteiger partial charge on any atom is 0.241 e. The molecule has 0 spiro atoms. The Morgan fingerprint density at radius 2 is 2.14 bits per heavy atom. The molecule has 1 aromatic heterocycles. The van der Waals surface area contributed by atoms with Crippen molar-refractivity contribution in [2.24, 2.45) is 5.41 Å². The molecule has 3 rings (SSSR count). The van der Waals surface area contributed by atoms with E-state index in [1.807, 2.05) is 6.92 Å². The van der Waals surface area contributed by atoms with Crippen molar-refractivity contribution in [2.45, 2.75) is 71.6 Å². The van der Waals surface area contributed by atoms with Gasteiger partial charge in [0.15, 0.2) is 0 Å². The summed E-state index contributed by atoms with van der Waals surface area (Å²) < 4.78 is 0. The number of rotatable bonds is 2. The molecular weight excluding hydrogens is 280 g/mol. The van der Waals surface area contributed by atoms with E-state index in [0.29, 0.717) is 11.5 Å². The molecule has 1 saturated carbocycles. The van der Waals surface area contributed by atoms with Crippen molar-refractivity contribution in [1.82, 2.24) is 10.2 Å². The first-order valence-corrected chi connectivity index (χ1v) is 8.84. The van der Waals surface area contributed by atoms with E-state index in [-0.39, 0.29) is 18.1 Å². The Kier molecular flexibility index (Phi) is 3.87. The van der Waals surface area contributed by atoms with Gasteiger partial charge in [-0.3, -0.25) is 10.1 Å². The molecular formula is C17H26N2OS. The molecule has 2 fully saturated rings. The Balaban J connectivity index is 1.87. The van der Waals surface area contributed by atoms with Crippen LogP contribution in [-0.2, 0) is 4.79 Å². The summed E-state index contributed by atoms with van der Waals surface area (Å²) in [6.45, 7) is 8.79. The molecule has 4 heteroatoms. The number of thiophene rings is 1. The molecule has 1 aliphatic carbocycles. The molecule has 0 radical (unpaired) electrons. The van der Waals surface area contributed by atoms with Crippen molar-refractivity contribution in [3.05, 3.63) is 21.9 Å². The van der Waals surface area contributed by atoms with Crippen molar-refractivity contribution in [3.63, 3.8) is 0 Å². The van der Waals surface area contributed by atoms with Gasteiger partial charge in [0.05, 0.1) is 6.04 Å². The van der Waals surface area contributed by atoms with E-state index in [4.69, 9.17) is 0 Å². The maximum absolute atomic E-state index is 12.7. The first-order chi connectivity index (χ1) is 9.87. The molecule has 21 heavy (non-hydrogen) atoms. The lowest BCUT2D eigenvalue weighted by Crippen LogP contribution is -2.44. The Labute approximate surface area is 131 Å². The summed E-state index contributed by atoms with van der Waals surface area (Å²) in [4.78, 5) is 17.4. The third kappa shape index (κ3) is 2.88. The Hall–Kier alpha value is -0.870. The summed E-state index contributed by atoms with van der Waals surface area (Å²) in [6, 6.07) is 4.63. The van der Waals surface area contributed by atoms with Crippen LogP contribution >= 0.6 is 11.3 Å². The summed E-state index contributed by atoms with van der Waals surface area (Å²) >= 11 is 1.80. The number of carbonyl (C=O) groups is 1. The standard InChI is InChI=1S/C17H26N2OS/c1-11-7-8-14(21-11)15-18-12(2)16(20)19(15)13-6-5-9-17(3,4)10-13/h7-8,12-13,15,18H,5-6,9-10H2,1-4H3. The summed E-state index contributed by atoms with van der Waals surface area (Å²) in [5.74, 6) is 0.272. The van der Waals surface area contributed by atoms with Crippen LogP contribution in [0.3, 0.4) is 0 Å². The lowest BCUT2D eigenvalue weighted by molar-refractivity contribution is -0.133. The Bertz CT molecular complexity index is 537. The third-order valence-corrected chi connectivity index (χ3v) is 5.97. The molecule has 0 aromatic carbocycles. The van der Waals surface area contributed by atoms with Gasteiger partial charge in [0.2, 0.25) is 5.91 Å². The fourth-order valence-corrected chi connectivity index (χ4v) is 4.78. The van der Waals surface area contributed by atoms with Gasteiger partial charge in [-0.1, -0.05) is 20.3 Å². The molecule has 1 saturated heterocycles. The van der Waals surface area contributed by atoms with Gasteiger partial charge < -0.3 is 4.90 Å². The summed E-state index contributed by atoms with van der Waals surface area (Å²) in [7, 11) is 0. The fraction of sp³-hybridized carbons (Fsp3) is 0.706. The van der Waals surface area contributed by atoms with Crippen molar-refractivity contribution in [2.75, 3.05) is 0 Å². The molecule has 1 aromatic rings. The van der Waals surface area contributed by atoms with E-state index in [2.05, 4.69) is 43.1 Å². The van der Waals surface area contributed by atoms with E-state index in [0.717, 1.165) is 12.8 Å². The van der Waals surface area contributed by atoms with Crippen molar-refractivity contribution in [1.29, 1.82) is 0 Å². The predicted octanol–water partition coefficient (Wildman–Crippen LogP) is 3.84. The van der Waals surface area contributed by atoms with E-state index in [1.165, 1.54) is 22.6 Å². The van der Waals surface area contributed by atoms with Crippen LogP contribution in [0.15, 0.2) is 12.1 Å². The highest BCUT2D eigenvalue weighted by molar-refractivity contribution is 7.12. The minimum Gasteiger partial charge on any atom is -0.318 e. The summed E-state index contributed by atoms with van der Waals surface area (Å²) in [5.41, 5.74) is 0.352. The monoisotopic (exact) mass is 306 g/mol. The number of nitrogens with zero attached hydrogens (tertiary/aromatic N) is 1. The summed E-state index contributed by atoms with van der Waals surface area (Å²) in [6.07, 6.45) is 4.84. The van der Waals surface area contributed by atoms with Crippen molar-refractivity contribution >= 4 is 17.2 Å². The van der Waals surface area contributed by atoms with Gasteiger partial charge in [0.25, 0.3) is 0 Å². The van der Waals surface area contributed by atoms with Gasteiger partial charge in [-0.15, -0.1) is 11.3 Å². The summed E-state index contributed by atoms with van der Waals surface area (Å²) in [5, 5.41) is 3.49. The van der Waals surface area contributed by atoms with Crippen LogP contribution in [0, 0.1) is 12.3 Å². The predicted molar refractivity (Wildman–Crippen MR) is 87.3 cm³/mol. The second-order valence-corrected chi connectivity index (χ2v) is 8.72. The largest absolute Gasteiger partial charge is 0.318 e. The third-order valence-electron chi connectivity index (χ3n) is 4.91. The van der Waals surface area contributed by atoms with E-state index >= 15 is 0 Å². The van der Waals surface area contributed by atoms with Gasteiger partial charge in [0, 0.05) is 15.8 Å². The zero-order chi connectivity index (χ0) is 15.2. The van der Waals surface area contributed by atoms with E-state index < -0.39 is 0 Å². The molecule has 3 atom stereocenters. The molecule has 1 N–H and O–H groups in total. The van der Waals surface area contributed by atoms with Crippen LogP contribution in [0.5, 0.6) is 0 Å².